The van der Waals surface area contributed by atoms with Crippen LogP contribution in [0.3, 0.4) is 0 Å². The summed E-state index contributed by atoms with van der Waals surface area (Å²) in [6.07, 6.45) is 1.51. The van der Waals surface area contributed by atoms with Gasteiger partial charge in [0.25, 0.3) is 0 Å². The number of nitrogens with zero attached hydrogens (tertiary/aromatic N) is 4. The van der Waals surface area contributed by atoms with Crippen molar-refractivity contribution in [1.82, 2.24) is 9.88 Å². The van der Waals surface area contributed by atoms with Gasteiger partial charge in [0, 0.05) is 56.2 Å². The van der Waals surface area contributed by atoms with Crippen molar-refractivity contribution in [2.24, 2.45) is 0 Å². The van der Waals surface area contributed by atoms with Crippen LogP contribution in [0.15, 0.2) is 36.5 Å². The lowest BCUT2D eigenvalue weighted by atomic mass is 10.0. The van der Waals surface area contributed by atoms with Crippen molar-refractivity contribution < 1.29 is 18.7 Å². The molecular weight excluding hydrogens is 483 g/mol. The van der Waals surface area contributed by atoms with E-state index in [4.69, 9.17) is 21.1 Å². The van der Waals surface area contributed by atoms with Gasteiger partial charge < -0.3 is 24.2 Å². The van der Waals surface area contributed by atoms with E-state index in [2.05, 4.69) is 9.88 Å². The number of rotatable bonds is 4. The second kappa shape index (κ2) is 10.0. The van der Waals surface area contributed by atoms with Crippen LogP contribution in [0.25, 0.3) is 22.0 Å². The minimum atomic E-state index is -0.539. The first-order valence-electron chi connectivity index (χ1n) is 11.9. The molecule has 4 rings (SSSR count). The van der Waals surface area contributed by atoms with Crippen LogP contribution >= 0.6 is 11.6 Å². The van der Waals surface area contributed by atoms with E-state index in [1.165, 1.54) is 13.2 Å². The summed E-state index contributed by atoms with van der Waals surface area (Å²) in [6, 6.07) is 8.34. The quantitative estimate of drug-likeness (QED) is 0.437. The Morgan fingerprint density at radius 1 is 1.14 bits per heavy atom. The number of benzene rings is 2. The summed E-state index contributed by atoms with van der Waals surface area (Å²) in [5.41, 5.74) is 2.88. The topological polar surface area (TPSA) is 58.1 Å². The molecule has 0 saturated carbocycles. The van der Waals surface area contributed by atoms with Crippen molar-refractivity contribution in [3.8, 4) is 16.9 Å². The number of hydrogen-bond donors (Lipinski definition) is 0. The third-order valence-electron chi connectivity index (χ3n) is 6.10. The smallest absolute Gasteiger partial charge is 0.410 e. The summed E-state index contributed by atoms with van der Waals surface area (Å²) < 4.78 is 25.8. The molecule has 0 N–H and O–H groups in total. The Labute approximate surface area is 216 Å². The molecule has 1 aliphatic rings. The Hall–Kier alpha value is -3.26. The zero-order valence-corrected chi connectivity index (χ0v) is 22.3. The van der Waals surface area contributed by atoms with Crippen LogP contribution in [-0.2, 0) is 4.74 Å². The van der Waals surface area contributed by atoms with Gasteiger partial charge in [0.2, 0.25) is 0 Å². The lowest BCUT2D eigenvalue weighted by molar-refractivity contribution is 0.0241. The number of hydrogen-bond acceptors (Lipinski definition) is 6. The van der Waals surface area contributed by atoms with Gasteiger partial charge in [0.1, 0.15) is 17.2 Å². The molecule has 0 bridgehead atoms. The highest BCUT2D eigenvalue weighted by Gasteiger charge is 2.28. The zero-order chi connectivity index (χ0) is 26.2. The molecule has 1 amide bonds. The lowest BCUT2D eigenvalue weighted by Crippen LogP contribution is -2.50. The molecule has 36 heavy (non-hydrogen) atoms. The highest BCUT2D eigenvalue weighted by Crippen LogP contribution is 2.43. The summed E-state index contributed by atoms with van der Waals surface area (Å²) >= 11 is 6.76. The SMILES string of the molecule is COc1cccc(F)c1-c1cc2ncc(N(C)C)c(N3CCN(C(=O)OC(C)(C)C)CC3)c2cc1Cl. The second-order valence-corrected chi connectivity index (χ2v) is 10.4. The predicted molar refractivity (Wildman–Crippen MR) is 143 cm³/mol. The third kappa shape index (κ3) is 5.14. The van der Waals surface area contributed by atoms with Gasteiger partial charge in [0.05, 0.1) is 35.8 Å². The first-order chi connectivity index (χ1) is 17.0. The zero-order valence-electron chi connectivity index (χ0n) is 21.6. The Balaban J connectivity index is 1.74. The fourth-order valence-corrected chi connectivity index (χ4v) is 4.67. The van der Waals surface area contributed by atoms with Gasteiger partial charge in [-0.2, -0.15) is 0 Å². The number of carbonyl (C=O) groups is 1. The number of halogens is 2. The van der Waals surface area contributed by atoms with Crippen LogP contribution in [-0.4, -0.2) is 69.0 Å². The molecular formula is C27H32ClFN4O3. The van der Waals surface area contributed by atoms with E-state index in [1.54, 1.807) is 23.1 Å². The molecule has 0 radical (unpaired) electrons. The number of pyridine rings is 1. The van der Waals surface area contributed by atoms with Crippen LogP contribution in [0, 0.1) is 5.82 Å². The van der Waals surface area contributed by atoms with Crippen LogP contribution in [0.2, 0.25) is 5.02 Å². The number of fused-ring (bicyclic) bond motifs is 1. The van der Waals surface area contributed by atoms with Gasteiger partial charge in [-0.1, -0.05) is 17.7 Å². The van der Waals surface area contributed by atoms with E-state index in [0.717, 1.165) is 16.8 Å². The minimum Gasteiger partial charge on any atom is -0.496 e. The normalized spacial score (nSPS) is 14.2. The van der Waals surface area contributed by atoms with Gasteiger partial charge in [-0.15, -0.1) is 0 Å². The molecule has 3 aromatic rings. The maximum Gasteiger partial charge on any atom is 0.410 e. The summed E-state index contributed by atoms with van der Waals surface area (Å²) in [4.78, 5) is 23.2. The Morgan fingerprint density at radius 3 is 2.44 bits per heavy atom. The fraction of sp³-hybridized carbons (Fsp3) is 0.407. The minimum absolute atomic E-state index is 0.304. The van der Waals surface area contributed by atoms with Crippen molar-refractivity contribution in [2.75, 3.05) is 57.2 Å². The van der Waals surface area contributed by atoms with E-state index in [-0.39, 0.29) is 6.09 Å². The molecule has 0 spiro atoms. The summed E-state index contributed by atoms with van der Waals surface area (Å²) in [5.74, 6) is -0.0151. The monoisotopic (exact) mass is 514 g/mol. The molecule has 0 atom stereocenters. The second-order valence-electron chi connectivity index (χ2n) is 10.0. The van der Waals surface area contributed by atoms with Crippen LogP contribution < -0.4 is 14.5 Å². The molecule has 1 aromatic heterocycles. The van der Waals surface area contributed by atoms with Crippen molar-refractivity contribution in [2.45, 2.75) is 26.4 Å². The standard InChI is InChI=1S/C27H32ClFN4O3/c1-27(2,3)36-26(34)33-12-10-32(11-13-33)25-18-14-19(28)17(15-21(18)30-16-22(25)31(4)5)24-20(29)8-7-9-23(24)35-6/h7-9,14-16H,10-13H2,1-6H3. The van der Waals surface area contributed by atoms with Crippen LogP contribution in [0.5, 0.6) is 5.75 Å². The fourth-order valence-electron chi connectivity index (χ4n) is 4.41. The molecule has 1 fully saturated rings. The Morgan fingerprint density at radius 2 is 1.83 bits per heavy atom. The summed E-state index contributed by atoms with van der Waals surface area (Å²) in [7, 11) is 5.43. The van der Waals surface area contributed by atoms with Crippen molar-refractivity contribution >= 4 is 40.0 Å². The van der Waals surface area contributed by atoms with E-state index in [0.29, 0.717) is 53.6 Å². The Kier molecular flexibility index (Phi) is 7.18. The van der Waals surface area contributed by atoms with Gasteiger partial charge in [-0.05, 0) is 45.0 Å². The number of amides is 1. The highest BCUT2D eigenvalue weighted by atomic mass is 35.5. The molecule has 192 valence electrons. The first kappa shape index (κ1) is 25.8. The number of piperazine rings is 1. The highest BCUT2D eigenvalue weighted by molar-refractivity contribution is 6.34. The van der Waals surface area contributed by atoms with Crippen molar-refractivity contribution in [3.63, 3.8) is 0 Å². The first-order valence-corrected chi connectivity index (χ1v) is 12.2. The van der Waals surface area contributed by atoms with E-state index in [1.807, 2.05) is 52.0 Å². The number of ether oxygens (including phenoxy) is 2. The molecule has 1 saturated heterocycles. The molecule has 7 nitrogen and oxygen atoms in total. The maximum absolute atomic E-state index is 14.8. The van der Waals surface area contributed by atoms with Gasteiger partial charge >= 0.3 is 6.09 Å². The molecule has 2 heterocycles. The molecule has 2 aromatic carbocycles. The molecule has 0 unspecified atom stereocenters. The predicted octanol–water partition coefficient (Wildman–Crippen LogP) is 5.83. The summed E-state index contributed by atoms with van der Waals surface area (Å²) in [5, 5.41) is 1.26. The van der Waals surface area contributed by atoms with Crippen LogP contribution in [0.4, 0.5) is 20.6 Å². The summed E-state index contributed by atoms with van der Waals surface area (Å²) in [6.45, 7) is 7.90. The van der Waals surface area contributed by atoms with Crippen molar-refractivity contribution in [3.05, 3.63) is 47.4 Å². The number of carbonyl (C=O) groups excluding carboxylic acids is 1. The van der Waals surface area contributed by atoms with E-state index >= 15 is 0 Å². The number of methoxy groups -OCH3 is 1. The van der Waals surface area contributed by atoms with E-state index in [9.17, 15) is 9.18 Å². The van der Waals surface area contributed by atoms with Crippen LogP contribution in [0.1, 0.15) is 20.8 Å². The average Bonchev–Trinajstić information content (AvgIpc) is 2.82. The van der Waals surface area contributed by atoms with Gasteiger partial charge in [0.15, 0.2) is 0 Å². The van der Waals surface area contributed by atoms with Gasteiger partial charge in [-0.25, -0.2) is 9.18 Å². The lowest BCUT2D eigenvalue weighted by Gasteiger charge is -2.38. The van der Waals surface area contributed by atoms with Crippen molar-refractivity contribution in [1.29, 1.82) is 0 Å². The average molecular weight is 515 g/mol. The number of aromatic nitrogens is 1. The number of anilines is 2. The third-order valence-corrected chi connectivity index (χ3v) is 6.42. The largest absolute Gasteiger partial charge is 0.496 e. The molecule has 0 aliphatic carbocycles. The molecule has 1 aliphatic heterocycles. The molecule has 9 heteroatoms. The maximum atomic E-state index is 14.8. The van der Waals surface area contributed by atoms with E-state index < -0.39 is 11.4 Å². The van der Waals surface area contributed by atoms with Gasteiger partial charge in [-0.3, -0.25) is 4.98 Å². The Bertz CT molecular complexity index is 1280.